The van der Waals surface area contributed by atoms with E-state index in [-0.39, 0.29) is 24.0 Å². The van der Waals surface area contributed by atoms with E-state index >= 15 is 0 Å². The number of guanidine groups is 1. The average Bonchev–Trinajstić information content (AvgIpc) is 3.25. The molecule has 1 aromatic carbocycles. The van der Waals surface area contributed by atoms with Gasteiger partial charge >= 0.3 is 0 Å². The molecule has 1 aromatic heterocycles. The highest BCUT2D eigenvalue weighted by Gasteiger charge is 2.12. The van der Waals surface area contributed by atoms with E-state index in [9.17, 15) is 0 Å². The summed E-state index contributed by atoms with van der Waals surface area (Å²) in [5.74, 6) is 1.31. The summed E-state index contributed by atoms with van der Waals surface area (Å²) in [6.45, 7) is 12.2. The molecule has 30 heavy (non-hydrogen) atoms. The minimum absolute atomic E-state index is 0. The molecule has 0 spiro atoms. The maximum absolute atomic E-state index is 5.47. The lowest BCUT2D eigenvalue weighted by molar-refractivity contribution is 0.0341. The zero-order valence-corrected chi connectivity index (χ0v) is 20.4. The van der Waals surface area contributed by atoms with Crippen LogP contribution in [-0.4, -0.2) is 60.0 Å². The number of nitrogens with one attached hydrogen (secondary N) is 2. The van der Waals surface area contributed by atoms with E-state index in [2.05, 4.69) is 58.7 Å². The Hall–Kier alpha value is -1.65. The average molecular weight is 526 g/mol. The Bertz CT molecular complexity index is 746. The minimum Gasteiger partial charge on any atom is -0.379 e. The van der Waals surface area contributed by atoms with Crippen molar-refractivity contribution >= 4 is 29.9 Å². The smallest absolute Gasteiger partial charge is 0.191 e. The van der Waals surface area contributed by atoms with Gasteiger partial charge in [-0.2, -0.15) is 5.10 Å². The van der Waals surface area contributed by atoms with Gasteiger partial charge in [0.05, 0.1) is 19.8 Å². The second-order valence-corrected chi connectivity index (χ2v) is 7.57. The molecule has 1 fully saturated rings. The topological polar surface area (TPSA) is 66.7 Å². The van der Waals surface area contributed by atoms with Crippen molar-refractivity contribution in [2.75, 3.05) is 39.4 Å². The number of hydrogen-bond acceptors (Lipinski definition) is 4. The van der Waals surface area contributed by atoms with Crippen LogP contribution in [0.3, 0.4) is 0 Å². The molecule has 1 aliphatic rings. The zero-order chi connectivity index (χ0) is 20.3. The Labute approximate surface area is 197 Å². The van der Waals surface area contributed by atoms with E-state index in [1.54, 1.807) is 0 Å². The molecule has 7 nitrogen and oxygen atoms in total. The molecule has 0 bridgehead atoms. The highest BCUT2D eigenvalue weighted by atomic mass is 127. The number of halogens is 1. The van der Waals surface area contributed by atoms with Gasteiger partial charge in [0.15, 0.2) is 5.96 Å². The lowest BCUT2D eigenvalue weighted by atomic mass is 10.1. The van der Waals surface area contributed by atoms with Gasteiger partial charge in [-0.3, -0.25) is 9.58 Å². The van der Waals surface area contributed by atoms with Crippen molar-refractivity contribution in [3.05, 3.63) is 53.9 Å². The van der Waals surface area contributed by atoms with Crippen LogP contribution in [0, 0.1) is 5.92 Å². The normalized spacial score (nSPS) is 16.0. The van der Waals surface area contributed by atoms with E-state index in [1.165, 1.54) is 11.1 Å². The monoisotopic (exact) mass is 526 g/mol. The third-order valence-electron chi connectivity index (χ3n) is 5.04. The summed E-state index contributed by atoms with van der Waals surface area (Å²) in [6, 6.07) is 10.6. The molecule has 0 saturated carbocycles. The first kappa shape index (κ1) is 24.6. The minimum atomic E-state index is 0. The first-order chi connectivity index (χ1) is 14.2. The predicted molar refractivity (Wildman–Crippen MR) is 132 cm³/mol. The molecule has 1 atom stereocenters. The molecular formula is C22H35IN6O. The molecule has 166 valence electrons. The van der Waals surface area contributed by atoms with Gasteiger partial charge < -0.3 is 15.4 Å². The fraction of sp³-hybridized carbons (Fsp3) is 0.545. The SMILES string of the molecule is CCNC(=NCc1ccccc1CN1CCOCC1)NCC(C)Cn1cccn1.I. The number of rotatable bonds is 9. The van der Waals surface area contributed by atoms with Gasteiger partial charge in [-0.05, 0) is 30.0 Å². The van der Waals surface area contributed by atoms with Gasteiger partial charge in [0.1, 0.15) is 0 Å². The van der Waals surface area contributed by atoms with Crippen LogP contribution in [0.15, 0.2) is 47.7 Å². The highest BCUT2D eigenvalue weighted by molar-refractivity contribution is 14.0. The van der Waals surface area contributed by atoms with Crippen molar-refractivity contribution in [2.24, 2.45) is 10.9 Å². The molecule has 8 heteroatoms. The largest absolute Gasteiger partial charge is 0.379 e. The number of nitrogens with zero attached hydrogens (tertiary/aromatic N) is 4. The Kier molecular flexibility index (Phi) is 11.2. The highest BCUT2D eigenvalue weighted by Crippen LogP contribution is 2.14. The molecule has 0 aliphatic carbocycles. The maximum atomic E-state index is 5.47. The summed E-state index contributed by atoms with van der Waals surface area (Å²) >= 11 is 0. The number of hydrogen-bond donors (Lipinski definition) is 2. The number of aliphatic imine (C=N–C) groups is 1. The number of morpholine rings is 1. The summed E-state index contributed by atoms with van der Waals surface area (Å²) in [5, 5.41) is 11.1. The van der Waals surface area contributed by atoms with E-state index < -0.39 is 0 Å². The number of benzene rings is 1. The summed E-state index contributed by atoms with van der Waals surface area (Å²) in [5.41, 5.74) is 2.63. The van der Waals surface area contributed by atoms with Crippen molar-refractivity contribution in [2.45, 2.75) is 33.5 Å². The first-order valence-corrected chi connectivity index (χ1v) is 10.6. The summed E-state index contributed by atoms with van der Waals surface area (Å²) in [6.07, 6.45) is 3.82. The predicted octanol–water partition coefficient (Wildman–Crippen LogP) is 2.72. The van der Waals surface area contributed by atoms with Gasteiger partial charge in [0.2, 0.25) is 0 Å². The Morgan fingerprint density at radius 1 is 1.17 bits per heavy atom. The number of ether oxygens (including phenoxy) is 1. The Morgan fingerprint density at radius 2 is 1.93 bits per heavy atom. The number of aromatic nitrogens is 2. The van der Waals surface area contributed by atoms with E-state index in [0.29, 0.717) is 12.5 Å². The van der Waals surface area contributed by atoms with Crippen LogP contribution in [-0.2, 0) is 24.4 Å². The Morgan fingerprint density at radius 3 is 2.63 bits per heavy atom. The van der Waals surface area contributed by atoms with Crippen LogP contribution in [0.4, 0.5) is 0 Å². The molecule has 0 radical (unpaired) electrons. The summed E-state index contributed by atoms with van der Waals surface area (Å²) in [4.78, 5) is 7.29. The van der Waals surface area contributed by atoms with Crippen LogP contribution in [0.5, 0.6) is 0 Å². The van der Waals surface area contributed by atoms with Gasteiger partial charge in [-0.1, -0.05) is 31.2 Å². The van der Waals surface area contributed by atoms with Crippen LogP contribution in [0.25, 0.3) is 0 Å². The fourth-order valence-corrected chi connectivity index (χ4v) is 3.44. The van der Waals surface area contributed by atoms with Crippen molar-refractivity contribution < 1.29 is 4.74 Å². The van der Waals surface area contributed by atoms with E-state index in [1.807, 2.05) is 23.1 Å². The molecule has 2 aromatic rings. The second kappa shape index (κ2) is 13.6. The van der Waals surface area contributed by atoms with E-state index in [0.717, 1.165) is 58.4 Å². The lowest BCUT2D eigenvalue weighted by Gasteiger charge is -2.27. The van der Waals surface area contributed by atoms with Crippen molar-refractivity contribution in [1.82, 2.24) is 25.3 Å². The molecule has 3 rings (SSSR count). The molecule has 2 heterocycles. The molecule has 1 unspecified atom stereocenters. The zero-order valence-electron chi connectivity index (χ0n) is 18.1. The van der Waals surface area contributed by atoms with Crippen LogP contribution < -0.4 is 10.6 Å². The summed E-state index contributed by atoms with van der Waals surface area (Å²) in [7, 11) is 0. The molecular weight excluding hydrogens is 491 g/mol. The van der Waals surface area contributed by atoms with Gasteiger partial charge in [-0.25, -0.2) is 4.99 Å². The third kappa shape index (κ3) is 8.23. The van der Waals surface area contributed by atoms with Crippen molar-refractivity contribution in [1.29, 1.82) is 0 Å². The molecule has 2 N–H and O–H groups in total. The molecule has 1 aliphatic heterocycles. The van der Waals surface area contributed by atoms with Crippen LogP contribution in [0.1, 0.15) is 25.0 Å². The Balaban J connectivity index is 0.00000320. The lowest BCUT2D eigenvalue weighted by Crippen LogP contribution is -2.40. The fourth-order valence-electron chi connectivity index (χ4n) is 3.44. The molecule has 1 saturated heterocycles. The van der Waals surface area contributed by atoms with E-state index in [4.69, 9.17) is 9.73 Å². The third-order valence-corrected chi connectivity index (χ3v) is 5.04. The van der Waals surface area contributed by atoms with Crippen molar-refractivity contribution in [3.63, 3.8) is 0 Å². The van der Waals surface area contributed by atoms with Crippen LogP contribution in [0.2, 0.25) is 0 Å². The van der Waals surface area contributed by atoms with Crippen molar-refractivity contribution in [3.8, 4) is 0 Å². The summed E-state index contributed by atoms with van der Waals surface area (Å²) < 4.78 is 7.44. The van der Waals surface area contributed by atoms with Gasteiger partial charge in [0.25, 0.3) is 0 Å². The second-order valence-electron chi connectivity index (χ2n) is 7.57. The standard InChI is InChI=1S/C22H34N6O.HI/c1-3-23-22(24-15-19(2)17-28-10-6-9-26-28)25-16-20-7-4-5-8-21(20)18-27-11-13-29-14-12-27;/h4-10,19H,3,11-18H2,1-2H3,(H2,23,24,25);1H. The quantitative estimate of drug-likeness (QED) is 0.299. The first-order valence-electron chi connectivity index (χ1n) is 10.6. The van der Waals surface area contributed by atoms with Crippen LogP contribution >= 0.6 is 24.0 Å². The van der Waals surface area contributed by atoms with Gasteiger partial charge in [0, 0.05) is 51.7 Å². The molecule has 0 amide bonds. The van der Waals surface area contributed by atoms with Gasteiger partial charge in [-0.15, -0.1) is 24.0 Å². The maximum Gasteiger partial charge on any atom is 0.191 e.